The highest BCUT2D eigenvalue weighted by Gasteiger charge is 2.27. The molecule has 0 saturated carbocycles. The minimum Gasteiger partial charge on any atom is -0.444 e. The summed E-state index contributed by atoms with van der Waals surface area (Å²) in [6.07, 6.45) is 6.87. The number of hydrogen-bond acceptors (Lipinski definition) is 9. The molecule has 2 aromatic carbocycles. The summed E-state index contributed by atoms with van der Waals surface area (Å²) in [5.41, 5.74) is 5.85. The van der Waals surface area contributed by atoms with E-state index in [1.165, 1.54) is 11.3 Å². The SMILES string of the molecule is CC(C)C1=NC(CN(C)C(=O)NC(CCN2CCOCC2)C(=O)NC(CCC(Cc2ccccc2)NC(=O)OCc2cncs2)Cc2ccccc2)=CC1. The van der Waals surface area contributed by atoms with Crippen molar-refractivity contribution in [3.05, 3.63) is 100 Å². The highest BCUT2D eigenvalue weighted by Crippen LogP contribution is 2.18. The number of likely N-dealkylation sites (N-methyl/N-ethyl adjacent to an activating group) is 1. The second-order valence-corrected chi connectivity index (χ2v) is 15.3. The first-order valence-electron chi connectivity index (χ1n) is 19.0. The Morgan fingerprint density at radius 3 is 2.15 bits per heavy atom. The molecule has 2 aliphatic heterocycles. The van der Waals surface area contributed by atoms with Crippen molar-refractivity contribution in [1.29, 1.82) is 0 Å². The van der Waals surface area contributed by atoms with Crippen LogP contribution in [0, 0.1) is 5.92 Å². The van der Waals surface area contributed by atoms with Crippen molar-refractivity contribution in [2.24, 2.45) is 10.9 Å². The molecule has 290 valence electrons. The van der Waals surface area contributed by atoms with Crippen LogP contribution in [0.1, 0.15) is 55.5 Å². The zero-order chi connectivity index (χ0) is 38.1. The molecular weight excluding hydrogens is 703 g/mol. The van der Waals surface area contributed by atoms with Crippen molar-refractivity contribution in [1.82, 2.24) is 30.7 Å². The fraction of sp³-hybridized carbons (Fsp3) is 0.488. The van der Waals surface area contributed by atoms with Crippen molar-refractivity contribution in [3.8, 4) is 0 Å². The Balaban J connectivity index is 1.27. The van der Waals surface area contributed by atoms with Gasteiger partial charge < -0.3 is 30.3 Å². The molecule has 0 spiro atoms. The number of amides is 4. The molecule has 0 radical (unpaired) electrons. The number of allylic oxidation sites excluding steroid dienone is 1. The maximum Gasteiger partial charge on any atom is 0.407 e. The zero-order valence-electron chi connectivity index (χ0n) is 31.7. The number of carbonyl (C=O) groups is 3. The Morgan fingerprint density at radius 2 is 1.56 bits per heavy atom. The molecule has 1 saturated heterocycles. The normalized spacial score (nSPS) is 16.1. The largest absolute Gasteiger partial charge is 0.444 e. The first-order valence-corrected chi connectivity index (χ1v) is 19.9. The average Bonchev–Trinajstić information content (AvgIpc) is 3.89. The molecule has 3 N–H and O–H groups in total. The van der Waals surface area contributed by atoms with Crippen LogP contribution in [0.5, 0.6) is 0 Å². The lowest BCUT2D eigenvalue weighted by Crippen LogP contribution is -2.54. The van der Waals surface area contributed by atoms with E-state index in [1.807, 2.05) is 60.7 Å². The van der Waals surface area contributed by atoms with E-state index < -0.39 is 12.1 Å². The van der Waals surface area contributed by atoms with Gasteiger partial charge >= 0.3 is 12.1 Å². The van der Waals surface area contributed by atoms with Crippen LogP contribution in [-0.2, 0) is 33.7 Å². The minimum absolute atomic E-state index is 0.151. The summed E-state index contributed by atoms with van der Waals surface area (Å²) in [5.74, 6) is 0.116. The third-order valence-electron chi connectivity index (χ3n) is 9.71. The monoisotopic (exact) mass is 757 g/mol. The van der Waals surface area contributed by atoms with E-state index in [1.54, 1.807) is 23.7 Å². The Kier molecular flexibility index (Phi) is 16.0. The van der Waals surface area contributed by atoms with Crippen molar-refractivity contribution >= 4 is 35.1 Å². The summed E-state index contributed by atoms with van der Waals surface area (Å²) in [6, 6.07) is 18.5. The Hall–Kier alpha value is -4.59. The van der Waals surface area contributed by atoms with Crippen LogP contribution in [0.2, 0.25) is 0 Å². The number of aromatic nitrogens is 1. The van der Waals surface area contributed by atoms with Crippen molar-refractivity contribution in [2.75, 3.05) is 46.4 Å². The van der Waals surface area contributed by atoms with Crippen LogP contribution in [0.4, 0.5) is 9.59 Å². The number of nitrogens with zero attached hydrogens (tertiary/aromatic N) is 4. The number of aliphatic imine (C=N–C) groups is 1. The lowest BCUT2D eigenvalue weighted by atomic mass is 9.95. The number of carbonyl (C=O) groups excluding carboxylic acids is 3. The zero-order valence-corrected chi connectivity index (χ0v) is 32.6. The summed E-state index contributed by atoms with van der Waals surface area (Å²) in [5, 5.41) is 9.43. The second kappa shape index (κ2) is 21.3. The van der Waals surface area contributed by atoms with Crippen molar-refractivity contribution in [3.63, 3.8) is 0 Å². The standard InChI is InChI=1S/C41H55N7O5S/c1-30(2)37-17-16-35(43-37)27-47(3)40(50)46-38(18-19-48-20-22-52-23-21-48)39(49)44-33(24-31-10-6-4-7-11-31)14-15-34(25-32-12-8-5-9-13-32)45-41(51)53-28-36-26-42-29-54-36/h4-13,16,26,29-30,33-34,38H,14-15,17-25,27-28H2,1-3H3,(H,44,49)(H,45,51)(H,46,50). The Bertz CT molecular complexity index is 1660. The highest BCUT2D eigenvalue weighted by atomic mass is 32.1. The molecule has 0 aliphatic carbocycles. The van der Waals surface area contributed by atoms with Crippen LogP contribution in [0.3, 0.4) is 0 Å². The van der Waals surface area contributed by atoms with Gasteiger partial charge in [0.1, 0.15) is 12.6 Å². The minimum atomic E-state index is -0.756. The fourth-order valence-corrected chi connectivity index (χ4v) is 7.06. The fourth-order valence-electron chi connectivity index (χ4n) is 6.55. The van der Waals surface area contributed by atoms with Gasteiger partial charge in [-0.05, 0) is 49.1 Å². The molecule has 12 nitrogen and oxygen atoms in total. The molecule has 1 fully saturated rings. The Labute approximate surface area is 323 Å². The lowest BCUT2D eigenvalue weighted by Gasteiger charge is -2.30. The van der Waals surface area contributed by atoms with Crippen molar-refractivity contribution < 1.29 is 23.9 Å². The van der Waals surface area contributed by atoms with Gasteiger partial charge in [0.25, 0.3) is 0 Å². The van der Waals surface area contributed by atoms with Crippen LogP contribution < -0.4 is 16.0 Å². The van der Waals surface area contributed by atoms with Crippen molar-refractivity contribution in [2.45, 2.75) is 77.1 Å². The van der Waals surface area contributed by atoms with Gasteiger partial charge in [-0.25, -0.2) is 9.59 Å². The van der Waals surface area contributed by atoms with Crippen LogP contribution in [0.25, 0.3) is 0 Å². The smallest absolute Gasteiger partial charge is 0.407 e. The molecular formula is C41H55N7O5S. The van der Waals surface area contributed by atoms with Gasteiger partial charge in [-0.3, -0.25) is 19.7 Å². The van der Waals surface area contributed by atoms with Crippen LogP contribution >= 0.6 is 11.3 Å². The summed E-state index contributed by atoms with van der Waals surface area (Å²) in [7, 11) is 1.73. The second-order valence-electron chi connectivity index (χ2n) is 14.3. The van der Waals surface area contributed by atoms with E-state index in [9.17, 15) is 14.4 Å². The van der Waals surface area contributed by atoms with E-state index in [2.05, 4.69) is 45.8 Å². The highest BCUT2D eigenvalue weighted by molar-refractivity contribution is 7.09. The molecule has 3 atom stereocenters. The van der Waals surface area contributed by atoms with E-state index in [-0.39, 0.29) is 30.6 Å². The maximum absolute atomic E-state index is 14.2. The molecule has 1 aromatic heterocycles. The number of rotatable bonds is 19. The van der Waals surface area contributed by atoms with E-state index in [0.717, 1.165) is 46.9 Å². The van der Waals surface area contributed by atoms with Gasteiger partial charge in [0, 0.05) is 57.1 Å². The summed E-state index contributed by atoms with van der Waals surface area (Å²) >= 11 is 1.43. The summed E-state index contributed by atoms with van der Waals surface area (Å²) in [4.78, 5) is 54.3. The molecule has 4 amide bonds. The molecule has 0 bridgehead atoms. The molecule has 54 heavy (non-hydrogen) atoms. The number of urea groups is 1. The number of nitrogens with one attached hydrogen (secondary N) is 3. The van der Waals surface area contributed by atoms with Gasteiger partial charge in [-0.2, -0.15) is 0 Å². The lowest BCUT2D eigenvalue weighted by molar-refractivity contribution is -0.124. The molecule has 5 rings (SSSR count). The maximum atomic E-state index is 14.2. The average molecular weight is 758 g/mol. The number of benzene rings is 2. The number of alkyl carbamates (subject to hydrolysis) is 1. The number of morpholine rings is 1. The predicted octanol–water partition coefficient (Wildman–Crippen LogP) is 5.61. The van der Waals surface area contributed by atoms with E-state index in [4.69, 9.17) is 14.5 Å². The topological polar surface area (TPSA) is 137 Å². The first kappa shape index (κ1) is 40.6. The third-order valence-corrected chi connectivity index (χ3v) is 10.5. The van der Waals surface area contributed by atoms with E-state index in [0.29, 0.717) is 64.3 Å². The van der Waals surface area contributed by atoms with Gasteiger partial charge in [-0.15, -0.1) is 11.3 Å². The van der Waals surface area contributed by atoms with Crippen LogP contribution in [0.15, 0.2) is 89.1 Å². The number of hydrogen-bond donors (Lipinski definition) is 3. The van der Waals surface area contributed by atoms with Gasteiger partial charge in [0.05, 0.1) is 35.8 Å². The number of thiazole rings is 1. The molecule has 3 unspecified atom stereocenters. The first-order chi connectivity index (χ1) is 26.2. The van der Waals surface area contributed by atoms with Gasteiger partial charge in [0.2, 0.25) is 5.91 Å². The van der Waals surface area contributed by atoms with Gasteiger partial charge in [0.15, 0.2) is 0 Å². The third kappa shape index (κ3) is 13.7. The summed E-state index contributed by atoms with van der Waals surface area (Å²) < 4.78 is 11.1. The molecule has 13 heteroatoms. The molecule has 3 heterocycles. The summed E-state index contributed by atoms with van der Waals surface area (Å²) in [6.45, 7) is 8.26. The Morgan fingerprint density at radius 1 is 0.907 bits per heavy atom. The molecule has 2 aliphatic rings. The van der Waals surface area contributed by atoms with Crippen LogP contribution in [-0.4, -0.2) is 103 Å². The number of ether oxygens (including phenoxy) is 2. The predicted molar refractivity (Wildman–Crippen MR) is 212 cm³/mol. The van der Waals surface area contributed by atoms with E-state index >= 15 is 0 Å². The molecule has 3 aromatic rings. The van der Waals surface area contributed by atoms with Gasteiger partial charge in [-0.1, -0.05) is 80.6 Å². The quantitative estimate of drug-likeness (QED) is 0.145.